The van der Waals surface area contributed by atoms with E-state index in [0.717, 1.165) is 23.2 Å². The van der Waals surface area contributed by atoms with Crippen LogP contribution in [0.3, 0.4) is 0 Å². The van der Waals surface area contributed by atoms with E-state index in [4.69, 9.17) is 0 Å². The number of alkyl halides is 3. The van der Waals surface area contributed by atoms with Gasteiger partial charge < -0.3 is 9.88 Å². The molecule has 1 N–H and O–H groups in total. The van der Waals surface area contributed by atoms with Crippen LogP contribution in [-0.2, 0) is 17.5 Å². The predicted molar refractivity (Wildman–Crippen MR) is 103 cm³/mol. The molecule has 2 aromatic carbocycles. The number of carbonyl (C=O) groups excluding carboxylic acids is 1. The Bertz CT molecular complexity index is 1150. The van der Waals surface area contributed by atoms with E-state index in [1.165, 1.54) is 12.1 Å². The summed E-state index contributed by atoms with van der Waals surface area (Å²) in [7, 11) is 0. The SMILES string of the molecule is O=C(Cn1c(-c2ccccn2)nc2ccccc21)Nc1ccc(C(F)(F)F)cc1. The third kappa shape index (κ3) is 3.96. The van der Waals surface area contributed by atoms with Crippen molar-refractivity contribution in [2.45, 2.75) is 12.7 Å². The van der Waals surface area contributed by atoms with Gasteiger partial charge in [-0.3, -0.25) is 9.78 Å². The largest absolute Gasteiger partial charge is 0.416 e. The first-order valence-electron chi connectivity index (χ1n) is 8.75. The van der Waals surface area contributed by atoms with E-state index in [2.05, 4.69) is 15.3 Å². The number of hydrogen-bond donors (Lipinski definition) is 1. The van der Waals surface area contributed by atoms with Crippen LogP contribution in [-0.4, -0.2) is 20.4 Å². The Morgan fingerprint density at radius 3 is 2.38 bits per heavy atom. The Kier molecular flexibility index (Phi) is 4.75. The first kappa shape index (κ1) is 18.7. The molecule has 146 valence electrons. The van der Waals surface area contributed by atoms with E-state index in [1.807, 2.05) is 30.3 Å². The van der Waals surface area contributed by atoms with Crippen molar-refractivity contribution in [3.8, 4) is 11.5 Å². The third-order valence-electron chi connectivity index (χ3n) is 4.35. The molecule has 0 unspecified atom stereocenters. The molecular weight excluding hydrogens is 381 g/mol. The van der Waals surface area contributed by atoms with Gasteiger partial charge in [0.1, 0.15) is 12.2 Å². The topological polar surface area (TPSA) is 59.8 Å². The van der Waals surface area contributed by atoms with Gasteiger partial charge in [0.25, 0.3) is 0 Å². The summed E-state index contributed by atoms with van der Waals surface area (Å²) in [5, 5.41) is 2.63. The van der Waals surface area contributed by atoms with Gasteiger partial charge in [-0.2, -0.15) is 13.2 Å². The monoisotopic (exact) mass is 396 g/mol. The minimum Gasteiger partial charge on any atom is -0.325 e. The molecule has 4 rings (SSSR count). The quantitative estimate of drug-likeness (QED) is 0.541. The van der Waals surface area contributed by atoms with Crippen LogP contribution in [0.2, 0.25) is 0 Å². The molecule has 0 fully saturated rings. The van der Waals surface area contributed by atoms with Crippen molar-refractivity contribution in [1.29, 1.82) is 0 Å². The Balaban J connectivity index is 1.61. The lowest BCUT2D eigenvalue weighted by Gasteiger charge is -2.11. The summed E-state index contributed by atoms with van der Waals surface area (Å²) in [5.41, 5.74) is 1.61. The van der Waals surface area contributed by atoms with Crippen LogP contribution in [0.4, 0.5) is 18.9 Å². The molecule has 0 radical (unpaired) electrons. The number of amides is 1. The normalized spacial score (nSPS) is 11.6. The zero-order valence-electron chi connectivity index (χ0n) is 15.0. The molecule has 2 heterocycles. The number of nitrogens with zero attached hydrogens (tertiary/aromatic N) is 3. The first-order chi connectivity index (χ1) is 13.9. The van der Waals surface area contributed by atoms with Gasteiger partial charge in [-0.05, 0) is 48.5 Å². The molecule has 5 nitrogen and oxygen atoms in total. The van der Waals surface area contributed by atoms with Gasteiger partial charge >= 0.3 is 6.18 Å². The summed E-state index contributed by atoms with van der Waals surface area (Å²) in [4.78, 5) is 21.5. The summed E-state index contributed by atoms with van der Waals surface area (Å²) < 4.78 is 39.8. The summed E-state index contributed by atoms with van der Waals surface area (Å²) in [6.45, 7) is -0.0621. The summed E-state index contributed by atoms with van der Waals surface area (Å²) >= 11 is 0. The highest BCUT2D eigenvalue weighted by molar-refractivity contribution is 5.92. The van der Waals surface area contributed by atoms with Crippen LogP contribution in [0, 0.1) is 0 Å². The number of imidazole rings is 1. The van der Waals surface area contributed by atoms with Crippen molar-refractivity contribution >= 4 is 22.6 Å². The molecule has 8 heteroatoms. The third-order valence-corrected chi connectivity index (χ3v) is 4.35. The molecule has 0 bridgehead atoms. The maximum absolute atomic E-state index is 12.7. The van der Waals surface area contributed by atoms with E-state index < -0.39 is 11.7 Å². The Morgan fingerprint density at radius 1 is 0.966 bits per heavy atom. The van der Waals surface area contributed by atoms with E-state index in [-0.39, 0.29) is 18.1 Å². The maximum Gasteiger partial charge on any atom is 0.416 e. The van der Waals surface area contributed by atoms with Gasteiger partial charge in [0, 0.05) is 11.9 Å². The van der Waals surface area contributed by atoms with Crippen LogP contribution >= 0.6 is 0 Å². The van der Waals surface area contributed by atoms with Crippen molar-refractivity contribution in [3.05, 3.63) is 78.5 Å². The van der Waals surface area contributed by atoms with Crippen LogP contribution < -0.4 is 5.32 Å². The average molecular weight is 396 g/mol. The molecule has 0 saturated heterocycles. The summed E-state index contributed by atoms with van der Waals surface area (Å²) in [6, 6.07) is 17.1. The number of anilines is 1. The molecule has 0 atom stereocenters. The number of nitrogens with one attached hydrogen (secondary N) is 1. The molecule has 0 spiro atoms. The lowest BCUT2D eigenvalue weighted by molar-refractivity contribution is -0.137. The Morgan fingerprint density at radius 2 is 1.69 bits per heavy atom. The molecule has 0 aliphatic heterocycles. The average Bonchev–Trinajstić information content (AvgIpc) is 3.07. The number of para-hydroxylation sites is 2. The van der Waals surface area contributed by atoms with E-state index in [0.29, 0.717) is 11.5 Å². The van der Waals surface area contributed by atoms with Gasteiger partial charge in [0.05, 0.1) is 16.6 Å². The lowest BCUT2D eigenvalue weighted by atomic mass is 10.2. The molecule has 1 amide bonds. The van der Waals surface area contributed by atoms with E-state index >= 15 is 0 Å². The number of hydrogen-bond acceptors (Lipinski definition) is 3. The van der Waals surface area contributed by atoms with Gasteiger partial charge in [0.15, 0.2) is 5.82 Å². The standard InChI is InChI=1S/C21H15F3N4O/c22-21(23,24)14-8-10-15(11-9-14)26-19(29)13-28-18-7-2-1-5-16(18)27-20(28)17-6-3-4-12-25-17/h1-12H,13H2,(H,26,29). The van der Waals surface area contributed by atoms with Crippen molar-refractivity contribution in [1.82, 2.24) is 14.5 Å². The number of carbonyl (C=O) groups is 1. The van der Waals surface area contributed by atoms with Crippen molar-refractivity contribution < 1.29 is 18.0 Å². The fourth-order valence-electron chi connectivity index (χ4n) is 3.01. The van der Waals surface area contributed by atoms with Gasteiger partial charge in [-0.1, -0.05) is 18.2 Å². The number of pyridine rings is 1. The first-order valence-corrected chi connectivity index (χ1v) is 8.75. The fourth-order valence-corrected chi connectivity index (χ4v) is 3.01. The number of benzene rings is 2. The molecule has 0 aliphatic rings. The molecule has 0 saturated carbocycles. The summed E-state index contributed by atoms with van der Waals surface area (Å²) in [6.07, 6.45) is -2.78. The molecule has 4 aromatic rings. The molecule has 2 aromatic heterocycles. The van der Waals surface area contributed by atoms with Crippen LogP contribution in [0.15, 0.2) is 72.9 Å². The highest BCUT2D eigenvalue weighted by Crippen LogP contribution is 2.30. The fraction of sp³-hybridized carbons (Fsp3) is 0.0952. The summed E-state index contributed by atoms with van der Waals surface area (Å²) in [5.74, 6) is 0.152. The van der Waals surface area contributed by atoms with Gasteiger partial charge in [-0.25, -0.2) is 4.98 Å². The highest BCUT2D eigenvalue weighted by atomic mass is 19.4. The Hall–Kier alpha value is -3.68. The second-order valence-corrected chi connectivity index (χ2v) is 6.35. The number of aromatic nitrogens is 3. The minimum atomic E-state index is -4.42. The van der Waals surface area contributed by atoms with Crippen LogP contribution in [0.25, 0.3) is 22.6 Å². The second-order valence-electron chi connectivity index (χ2n) is 6.35. The zero-order chi connectivity index (χ0) is 20.4. The second kappa shape index (κ2) is 7.38. The van der Waals surface area contributed by atoms with E-state index in [1.54, 1.807) is 22.9 Å². The molecule has 29 heavy (non-hydrogen) atoms. The van der Waals surface area contributed by atoms with Crippen LogP contribution in [0.1, 0.15) is 5.56 Å². The maximum atomic E-state index is 12.7. The van der Waals surface area contributed by atoms with Crippen molar-refractivity contribution in [2.24, 2.45) is 0 Å². The number of fused-ring (bicyclic) bond motifs is 1. The van der Waals surface area contributed by atoms with Gasteiger partial charge in [0.2, 0.25) is 5.91 Å². The highest BCUT2D eigenvalue weighted by Gasteiger charge is 2.30. The zero-order valence-corrected chi connectivity index (χ0v) is 15.0. The Labute approximate surface area is 163 Å². The number of rotatable bonds is 4. The van der Waals surface area contributed by atoms with Crippen molar-refractivity contribution in [3.63, 3.8) is 0 Å². The van der Waals surface area contributed by atoms with Gasteiger partial charge in [-0.15, -0.1) is 0 Å². The molecular formula is C21H15F3N4O. The van der Waals surface area contributed by atoms with Crippen molar-refractivity contribution in [2.75, 3.05) is 5.32 Å². The number of halogens is 3. The molecule has 0 aliphatic carbocycles. The van der Waals surface area contributed by atoms with Crippen LogP contribution in [0.5, 0.6) is 0 Å². The van der Waals surface area contributed by atoms with E-state index in [9.17, 15) is 18.0 Å². The predicted octanol–water partition coefficient (Wildman–Crippen LogP) is 4.76. The smallest absolute Gasteiger partial charge is 0.325 e. The minimum absolute atomic E-state index is 0.0621. The lowest BCUT2D eigenvalue weighted by Crippen LogP contribution is -2.19.